The van der Waals surface area contributed by atoms with Gasteiger partial charge in [0.05, 0.1) is 18.0 Å². The fourth-order valence-electron chi connectivity index (χ4n) is 1.54. The minimum Gasteiger partial charge on any atom is -0.348 e. The molecule has 1 unspecified atom stereocenters. The third-order valence-corrected chi connectivity index (χ3v) is 2.61. The summed E-state index contributed by atoms with van der Waals surface area (Å²) < 4.78 is 0. The van der Waals surface area contributed by atoms with Crippen LogP contribution in [0.25, 0.3) is 0 Å². The van der Waals surface area contributed by atoms with Crippen molar-refractivity contribution in [3.8, 4) is 0 Å². The number of aromatic nitrogens is 2. The lowest BCUT2D eigenvalue weighted by molar-refractivity contribution is 0.0933. The van der Waals surface area contributed by atoms with E-state index in [1.807, 2.05) is 0 Å². The fraction of sp³-hybridized carbons (Fsp3) is 0.500. The molecule has 1 saturated carbocycles. The van der Waals surface area contributed by atoms with E-state index in [2.05, 4.69) is 15.5 Å². The first-order valence-electron chi connectivity index (χ1n) is 5.09. The van der Waals surface area contributed by atoms with Crippen molar-refractivity contribution in [2.24, 2.45) is 11.7 Å². The number of carbonyl (C=O) groups excluding carboxylic acids is 1. The molecule has 1 heterocycles. The van der Waals surface area contributed by atoms with E-state index >= 15 is 0 Å². The molecule has 0 aromatic carbocycles. The molecule has 0 saturated heterocycles. The van der Waals surface area contributed by atoms with Gasteiger partial charge in [-0.1, -0.05) is 0 Å². The SMILES string of the molecule is NCC(NC(=O)c1ccnnc1)C1CC1. The normalized spacial score (nSPS) is 17.1. The van der Waals surface area contributed by atoms with Crippen molar-refractivity contribution in [1.82, 2.24) is 15.5 Å². The van der Waals surface area contributed by atoms with Crippen molar-refractivity contribution in [3.63, 3.8) is 0 Å². The zero-order chi connectivity index (χ0) is 10.7. The van der Waals surface area contributed by atoms with Gasteiger partial charge in [-0.3, -0.25) is 4.79 Å². The number of amides is 1. The van der Waals surface area contributed by atoms with Gasteiger partial charge in [0.2, 0.25) is 0 Å². The predicted octanol–water partition coefficient (Wildman–Crippen LogP) is -0.0563. The molecule has 0 spiro atoms. The molecular weight excluding hydrogens is 192 g/mol. The Balaban J connectivity index is 1.96. The molecule has 3 N–H and O–H groups in total. The predicted molar refractivity (Wildman–Crippen MR) is 55.1 cm³/mol. The van der Waals surface area contributed by atoms with Gasteiger partial charge in [-0.15, -0.1) is 0 Å². The highest BCUT2D eigenvalue weighted by molar-refractivity contribution is 5.93. The highest BCUT2D eigenvalue weighted by Gasteiger charge is 2.31. The molecule has 2 rings (SSSR count). The number of rotatable bonds is 4. The number of hydrogen-bond acceptors (Lipinski definition) is 4. The van der Waals surface area contributed by atoms with Crippen LogP contribution in [0.2, 0.25) is 0 Å². The van der Waals surface area contributed by atoms with Crippen LogP contribution in [0, 0.1) is 5.92 Å². The second kappa shape index (κ2) is 4.35. The molecule has 1 amide bonds. The third-order valence-electron chi connectivity index (χ3n) is 2.61. The Labute approximate surface area is 88.1 Å². The summed E-state index contributed by atoms with van der Waals surface area (Å²) in [5.41, 5.74) is 6.13. The second-order valence-corrected chi connectivity index (χ2v) is 3.78. The lowest BCUT2D eigenvalue weighted by atomic mass is 10.1. The zero-order valence-corrected chi connectivity index (χ0v) is 8.39. The van der Waals surface area contributed by atoms with Crippen molar-refractivity contribution < 1.29 is 4.79 Å². The summed E-state index contributed by atoms with van der Waals surface area (Å²) >= 11 is 0. The number of nitrogens with zero attached hydrogens (tertiary/aromatic N) is 2. The topological polar surface area (TPSA) is 80.9 Å². The van der Waals surface area contributed by atoms with Crippen LogP contribution in [-0.2, 0) is 0 Å². The Morgan fingerprint density at radius 1 is 1.60 bits per heavy atom. The molecular formula is C10H14N4O. The molecule has 1 atom stereocenters. The van der Waals surface area contributed by atoms with Crippen molar-refractivity contribution in [1.29, 1.82) is 0 Å². The van der Waals surface area contributed by atoms with E-state index in [1.54, 1.807) is 6.07 Å². The number of nitrogens with two attached hydrogens (primary N) is 1. The summed E-state index contributed by atoms with van der Waals surface area (Å²) in [5.74, 6) is 0.445. The molecule has 5 nitrogen and oxygen atoms in total. The summed E-state index contributed by atoms with van der Waals surface area (Å²) in [7, 11) is 0. The highest BCUT2D eigenvalue weighted by atomic mass is 16.1. The highest BCUT2D eigenvalue weighted by Crippen LogP contribution is 2.32. The third kappa shape index (κ3) is 2.50. The van der Waals surface area contributed by atoms with Gasteiger partial charge in [-0.2, -0.15) is 10.2 Å². The van der Waals surface area contributed by atoms with Crippen LogP contribution in [0.15, 0.2) is 18.5 Å². The smallest absolute Gasteiger partial charge is 0.253 e. The van der Waals surface area contributed by atoms with Gasteiger partial charge in [-0.25, -0.2) is 0 Å². The summed E-state index contributed by atoms with van der Waals surface area (Å²) in [5, 5.41) is 10.2. The first-order valence-corrected chi connectivity index (χ1v) is 5.09. The molecule has 15 heavy (non-hydrogen) atoms. The number of hydrogen-bond donors (Lipinski definition) is 2. The van der Waals surface area contributed by atoms with Gasteiger partial charge in [0.1, 0.15) is 0 Å². The summed E-state index contributed by atoms with van der Waals surface area (Å²) in [6.45, 7) is 0.495. The molecule has 5 heteroatoms. The summed E-state index contributed by atoms with van der Waals surface area (Å²) in [6.07, 6.45) is 5.28. The van der Waals surface area contributed by atoms with Crippen molar-refractivity contribution >= 4 is 5.91 Å². The van der Waals surface area contributed by atoms with E-state index in [1.165, 1.54) is 12.4 Å². The molecule has 0 radical (unpaired) electrons. The number of nitrogens with one attached hydrogen (secondary N) is 1. The molecule has 0 aliphatic heterocycles. The van der Waals surface area contributed by atoms with E-state index in [0.29, 0.717) is 18.0 Å². The maximum Gasteiger partial charge on any atom is 0.253 e. The Morgan fingerprint density at radius 2 is 2.40 bits per heavy atom. The van der Waals surface area contributed by atoms with Crippen LogP contribution in [-0.4, -0.2) is 28.7 Å². The molecule has 1 aliphatic rings. The van der Waals surface area contributed by atoms with Gasteiger partial charge in [-0.05, 0) is 24.8 Å². The Bertz CT molecular complexity index is 337. The first-order chi connectivity index (χ1) is 7.31. The first kappa shape index (κ1) is 10.0. The van der Waals surface area contributed by atoms with Crippen LogP contribution in [0.1, 0.15) is 23.2 Å². The van der Waals surface area contributed by atoms with Gasteiger partial charge in [0, 0.05) is 12.6 Å². The molecule has 1 aliphatic carbocycles. The van der Waals surface area contributed by atoms with Crippen molar-refractivity contribution in [2.45, 2.75) is 18.9 Å². The maximum atomic E-state index is 11.7. The van der Waals surface area contributed by atoms with Crippen LogP contribution in [0.3, 0.4) is 0 Å². The Kier molecular flexibility index (Phi) is 2.91. The average Bonchev–Trinajstić information content (AvgIpc) is 3.10. The van der Waals surface area contributed by atoms with Gasteiger partial charge in [0.25, 0.3) is 5.91 Å². The van der Waals surface area contributed by atoms with Crippen LogP contribution in [0.5, 0.6) is 0 Å². The second-order valence-electron chi connectivity index (χ2n) is 3.78. The standard InChI is InChI=1S/C10H14N4O/c11-5-9(7-1-2-7)14-10(15)8-3-4-12-13-6-8/h3-4,6-7,9H,1-2,5,11H2,(H,14,15). The molecule has 80 valence electrons. The van der Waals surface area contributed by atoms with E-state index in [9.17, 15) is 4.79 Å². The molecule has 1 aromatic rings. The number of carbonyl (C=O) groups is 1. The molecule has 0 bridgehead atoms. The summed E-state index contributed by atoms with van der Waals surface area (Å²) in [6, 6.07) is 1.74. The van der Waals surface area contributed by atoms with Crippen molar-refractivity contribution in [3.05, 3.63) is 24.0 Å². The van der Waals surface area contributed by atoms with Gasteiger partial charge in [0.15, 0.2) is 0 Å². The quantitative estimate of drug-likeness (QED) is 0.723. The van der Waals surface area contributed by atoms with E-state index < -0.39 is 0 Å². The average molecular weight is 206 g/mol. The van der Waals surface area contributed by atoms with Gasteiger partial charge >= 0.3 is 0 Å². The Hall–Kier alpha value is -1.49. The van der Waals surface area contributed by atoms with E-state index in [4.69, 9.17) is 5.73 Å². The maximum absolute atomic E-state index is 11.7. The molecule has 1 aromatic heterocycles. The summed E-state index contributed by atoms with van der Waals surface area (Å²) in [4.78, 5) is 11.7. The van der Waals surface area contributed by atoms with Crippen molar-refractivity contribution in [2.75, 3.05) is 6.54 Å². The zero-order valence-electron chi connectivity index (χ0n) is 8.39. The minimum atomic E-state index is -0.118. The van der Waals surface area contributed by atoms with Crippen LogP contribution >= 0.6 is 0 Å². The lowest BCUT2D eigenvalue weighted by Gasteiger charge is -2.15. The van der Waals surface area contributed by atoms with E-state index in [-0.39, 0.29) is 11.9 Å². The Morgan fingerprint density at radius 3 is 2.93 bits per heavy atom. The van der Waals surface area contributed by atoms with E-state index in [0.717, 1.165) is 12.8 Å². The van der Waals surface area contributed by atoms with Crippen LogP contribution < -0.4 is 11.1 Å². The molecule has 1 fully saturated rings. The monoisotopic (exact) mass is 206 g/mol. The fourth-order valence-corrected chi connectivity index (χ4v) is 1.54. The minimum absolute atomic E-state index is 0.102. The lowest BCUT2D eigenvalue weighted by Crippen LogP contribution is -2.41. The van der Waals surface area contributed by atoms with Gasteiger partial charge < -0.3 is 11.1 Å². The van der Waals surface area contributed by atoms with Crippen LogP contribution in [0.4, 0.5) is 0 Å². The largest absolute Gasteiger partial charge is 0.348 e.